The first-order valence-electron chi connectivity index (χ1n) is 6.62. The lowest BCUT2D eigenvalue weighted by atomic mass is 10.1. The Morgan fingerprint density at radius 2 is 2.00 bits per heavy atom. The third kappa shape index (κ3) is 4.00. The fourth-order valence-electron chi connectivity index (χ4n) is 2.04. The van der Waals surface area contributed by atoms with Crippen molar-refractivity contribution in [2.24, 2.45) is 0 Å². The zero-order valence-corrected chi connectivity index (χ0v) is 12.3. The van der Waals surface area contributed by atoms with Crippen molar-refractivity contribution in [2.45, 2.75) is 13.5 Å². The smallest absolute Gasteiger partial charge is 0.212 e. The molecule has 2 N–H and O–H groups in total. The Kier molecular flexibility index (Phi) is 5.05. The first-order chi connectivity index (χ1) is 9.62. The number of rotatable bonds is 7. The Labute approximate surface area is 119 Å². The summed E-state index contributed by atoms with van der Waals surface area (Å²) in [4.78, 5) is 4.20. The maximum atomic E-state index is 11.5. The van der Waals surface area contributed by atoms with E-state index in [0.717, 1.165) is 16.3 Å². The predicted octanol–water partition coefficient (Wildman–Crippen LogP) is 1.26. The molecule has 0 radical (unpaired) electrons. The normalized spacial score (nSPS) is 11.8. The molecule has 0 aliphatic rings. The van der Waals surface area contributed by atoms with E-state index in [1.807, 2.05) is 36.7 Å². The minimum Gasteiger partial charge on any atom is -0.312 e. The lowest BCUT2D eigenvalue weighted by molar-refractivity contribution is 0.579. The minimum atomic E-state index is -3.16. The standard InChI is InChI=1S/C14H19N3O2S/c1-2-17-20(18,19)8-7-15-10-13-11-16-9-12-5-3-4-6-14(12)13/h3-6,9,11,15,17H,2,7-8,10H2,1H3. The van der Waals surface area contributed by atoms with Gasteiger partial charge in [0.1, 0.15) is 0 Å². The van der Waals surface area contributed by atoms with Gasteiger partial charge in [0.25, 0.3) is 0 Å². The molecule has 0 aliphatic heterocycles. The van der Waals surface area contributed by atoms with Crippen LogP contribution in [0.25, 0.3) is 10.8 Å². The molecule has 5 nitrogen and oxygen atoms in total. The van der Waals surface area contributed by atoms with Gasteiger partial charge in [0.2, 0.25) is 10.0 Å². The van der Waals surface area contributed by atoms with Gasteiger partial charge in [-0.2, -0.15) is 0 Å². The number of aromatic nitrogens is 1. The van der Waals surface area contributed by atoms with Crippen LogP contribution in [0, 0.1) is 0 Å². The summed E-state index contributed by atoms with van der Waals surface area (Å²) in [7, 11) is -3.16. The first kappa shape index (κ1) is 14.9. The van der Waals surface area contributed by atoms with Crippen LogP contribution in [0.5, 0.6) is 0 Å². The molecule has 2 aromatic rings. The number of pyridine rings is 1. The maximum Gasteiger partial charge on any atom is 0.212 e. The molecular formula is C14H19N3O2S. The number of hydrogen-bond donors (Lipinski definition) is 2. The summed E-state index contributed by atoms with van der Waals surface area (Å²) >= 11 is 0. The Hall–Kier alpha value is -1.50. The second kappa shape index (κ2) is 6.78. The van der Waals surface area contributed by atoms with E-state index >= 15 is 0 Å². The molecule has 0 amide bonds. The maximum absolute atomic E-state index is 11.5. The summed E-state index contributed by atoms with van der Waals surface area (Å²) in [5.41, 5.74) is 1.07. The summed E-state index contributed by atoms with van der Waals surface area (Å²) in [6.45, 7) is 3.22. The van der Waals surface area contributed by atoms with Crippen LogP contribution in [-0.2, 0) is 16.6 Å². The van der Waals surface area contributed by atoms with Gasteiger partial charge < -0.3 is 5.32 Å². The molecular weight excluding hydrogens is 274 g/mol. The Bertz CT molecular complexity index is 666. The molecule has 1 aromatic heterocycles. The molecule has 1 heterocycles. The van der Waals surface area contributed by atoms with Crippen LogP contribution in [0.1, 0.15) is 12.5 Å². The van der Waals surface area contributed by atoms with Gasteiger partial charge in [0.05, 0.1) is 5.75 Å². The van der Waals surface area contributed by atoms with Crippen LogP contribution in [0.2, 0.25) is 0 Å². The van der Waals surface area contributed by atoms with E-state index in [2.05, 4.69) is 15.0 Å². The van der Waals surface area contributed by atoms with Crippen LogP contribution < -0.4 is 10.0 Å². The third-order valence-electron chi connectivity index (χ3n) is 2.98. The molecule has 108 valence electrons. The van der Waals surface area contributed by atoms with Crippen LogP contribution in [0.3, 0.4) is 0 Å². The Balaban J connectivity index is 1.94. The highest BCUT2D eigenvalue weighted by Crippen LogP contribution is 2.16. The average molecular weight is 293 g/mol. The van der Waals surface area contributed by atoms with E-state index in [1.165, 1.54) is 0 Å². The van der Waals surface area contributed by atoms with Gasteiger partial charge in [-0.15, -0.1) is 0 Å². The monoisotopic (exact) mass is 293 g/mol. The van der Waals surface area contributed by atoms with Crippen molar-refractivity contribution >= 4 is 20.8 Å². The molecule has 0 unspecified atom stereocenters. The lowest BCUT2D eigenvalue weighted by Gasteiger charge is -2.08. The largest absolute Gasteiger partial charge is 0.312 e. The van der Waals surface area contributed by atoms with Gasteiger partial charge in [-0.3, -0.25) is 4.98 Å². The van der Waals surface area contributed by atoms with E-state index in [9.17, 15) is 8.42 Å². The number of benzene rings is 1. The zero-order valence-electron chi connectivity index (χ0n) is 11.5. The molecule has 2 rings (SSSR count). The number of sulfonamides is 1. The van der Waals surface area contributed by atoms with Crippen molar-refractivity contribution < 1.29 is 8.42 Å². The van der Waals surface area contributed by atoms with Crippen molar-refractivity contribution in [1.29, 1.82) is 0 Å². The molecule has 0 saturated heterocycles. The van der Waals surface area contributed by atoms with Crippen molar-refractivity contribution in [3.8, 4) is 0 Å². The van der Waals surface area contributed by atoms with Crippen LogP contribution in [0.15, 0.2) is 36.7 Å². The van der Waals surface area contributed by atoms with Crippen molar-refractivity contribution in [2.75, 3.05) is 18.8 Å². The van der Waals surface area contributed by atoms with Gasteiger partial charge in [-0.25, -0.2) is 13.1 Å². The molecule has 0 saturated carbocycles. The molecule has 20 heavy (non-hydrogen) atoms. The van der Waals surface area contributed by atoms with Gasteiger partial charge in [0.15, 0.2) is 0 Å². The molecule has 1 aromatic carbocycles. The highest BCUT2D eigenvalue weighted by Gasteiger charge is 2.07. The van der Waals surface area contributed by atoms with Gasteiger partial charge in [0, 0.05) is 37.4 Å². The summed E-state index contributed by atoms with van der Waals surface area (Å²) < 4.78 is 25.5. The van der Waals surface area contributed by atoms with Crippen LogP contribution in [-0.4, -0.2) is 32.2 Å². The molecule has 6 heteroatoms. The number of fused-ring (bicyclic) bond motifs is 1. The van der Waals surface area contributed by atoms with Crippen LogP contribution >= 0.6 is 0 Å². The Morgan fingerprint density at radius 3 is 2.80 bits per heavy atom. The van der Waals surface area contributed by atoms with E-state index in [1.54, 1.807) is 6.92 Å². The minimum absolute atomic E-state index is 0.0824. The molecule has 0 fully saturated rings. The molecule has 0 aliphatic carbocycles. The number of hydrogen-bond acceptors (Lipinski definition) is 4. The average Bonchev–Trinajstić information content (AvgIpc) is 2.43. The second-order valence-electron chi connectivity index (χ2n) is 4.51. The topological polar surface area (TPSA) is 71.1 Å². The van der Waals surface area contributed by atoms with Gasteiger partial charge in [-0.05, 0) is 10.9 Å². The van der Waals surface area contributed by atoms with E-state index in [0.29, 0.717) is 19.6 Å². The quantitative estimate of drug-likeness (QED) is 0.754. The van der Waals surface area contributed by atoms with Crippen molar-refractivity contribution in [3.63, 3.8) is 0 Å². The SMILES string of the molecule is CCNS(=O)(=O)CCNCc1cncc2ccccc12. The van der Waals surface area contributed by atoms with Gasteiger partial charge >= 0.3 is 0 Å². The van der Waals surface area contributed by atoms with Crippen LogP contribution in [0.4, 0.5) is 0 Å². The third-order valence-corrected chi connectivity index (χ3v) is 4.45. The zero-order chi connectivity index (χ0) is 14.4. The Morgan fingerprint density at radius 1 is 1.20 bits per heavy atom. The summed E-state index contributed by atoms with van der Waals surface area (Å²) in [5, 5.41) is 5.38. The fraction of sp³-hybridized carbons (Fsp3) is 0.357. The van der Waals surface area contributed by atoms with Crippen molar-refractivity contribution in [1.82, 2.24) is 15.0 Å². The number of nitrogens with zero attached hydrogens (tertiary/aromatic N) is 1. The molecule has 0 bridgehead atoms. The predicted molar refractivity (Wildman–Crippen MR) is 80.9 cm³/mol. The van der Waals surface area contributed by atoms with Gasteiger partial charge in [-0.1, -0.05) is 31.2 Å². The van der Waals surface area contributed by atoms with E-state index < -0.39 is 10.0 Å². The van der Waals surface area contributed by atoms with Crippen molar-refractivity contribution in [3.05, 3.63) is 42.2 Å². The summed E-state index contributed by atoms with van der Waals surface area (Å²) in [6, 6.07) is 8.02. The lowest BCUT2D eigenvalue weighted by Crippen LogP contribution is -2.31. The highest BCUT2D eigenvalue weighted by molar-refractivity contribution is 7.89. The summed E-state index contributed by atoms with van der Waals surface area (Å²) in [5.74, 6) is 0.0824. The first-order valence-corrected chi connectivity index (χ1v) is 8.27. The number of nitrogens with one attached hydrogen (secondary N) is 2. The molecule has 0 spiro atoms. The molecule has 0 atom stereocenters. The second-order valence-corrected chi connectivity index (χ2v) is 6.44. The van der Waals surface area contributed by atoms with E-state index in [-0.39, 0.29) is 5.75 Å². The fourth-order valence-corrected chi connectivity index (χ4v) is 3.04. The van der Waals surface area contributed by atoms with E-state index in [4.69, 9.17) is 0 Å². The highest BCUT2D eigenvalue weighted by atomic mass is 32.2. The summed E-state index contributed by atoms with van der Waals surface area (Å²) in [6.07, 6.45) is 3.64.